The van der Waals surface area contributed by atoms with Crippen LogP contribution < -0.4 is 0 Å². The lowest BCUT2D eigenvalue weighted by Crippen LogP contribution is -1.81. The smallest absolute Gasteiger partial charge is 0.135 e. The van der Waals surface area contributed by atoms with Crippen molar-refractivity contribution in [1.29, 1.82) is 0 Å². The molecule has 0 amide bonds. The molecule has 2 nitrogen and oxygen atoms in total. The zero-order chi connectivity index (χ0) is 10.7. The summed E-state index contributed by atoms with van der Waals surface area (Å²) in [7, 11) is 1.62. The van der Waals surface area contributed by atoms with Gasteiger partial charge in [0.1, 0.15) is 18.5 Å². The van der Waals surface area contributed by atoms with Crippen LogP contribution in [0.25, 0.3) is 11.0 Å². The molecule has 0 aliphatic rings. The van der Waals surface area contributed by atoms with Crippen molar-refractivity contribution in [2.24, 2.45) is 0 Å². The van der Waals surface area contributed by atoms with E-state index in [2.05, 4.69) is 27.8 Å². The summed E-state index contributed by atoms with van der Waals surface area (Å²) in [6.45, 7) is 0.431. The van der Waals surface area contributed by atoms with Crippen molar-refractivity contribution < 1.29 is 9.15 Å². The van der Waals surface area contributed by atoms with E-state index in [1.807, 2.05) is 18.2 Å². The number of benzene rings is 1. The molecule has 2 rings (SSSR count). The molecule has 0 atom stereocenters. The minimum absolute atomic E-state index is 0.431. The molecule has 1 aromatic heterocycles. The third kappa shape index (κ3) is 2.23. The van der Waals surface area contributed by atoms with Crippen LogP contribution in [0.5, 0.6) is 0 Å². The van der Waals surface area contributed by atoms with Gasteiger partial charge in [0.15, 0.2) is 0 Å². The van der Waals surface area contributed by atoms with E-state index in [0.717, 1.165) is 21.0 Å². The average molecular weight is 265 g/mol. The van der Waals surface area contributed by atoms with Crippen LogP contribution in [-0.2, 0) is 4.74 Å². The van der Waals surface area contributed by atoms with Gasteiger partial charge in [-0.05, 0) is 18.2 Å². The van der Waals surface area contributed by atoms with E-state index in [0.29, 0.717) is 6.61 Å². The molecule has 1 aromatic carbocycles. The maximum Gasteiger partial charge on any atom is 0.135 e. The van der Waals surface area contributed by atoms with Gasteiger partial charge in [-0.3, -0.25) is 0 Å². The number of rotatable bonds is 1. The lowest BCUT2D eigenvalue weighted by atomic mass is 10.2. The predicted octanol–water partition coefficient (Wildman–Crippen LogP) is 3.19. The van der Waals surface area contributed by atoms with E-state index in [1.165, 1.54) is 0 Å². The molecule has 0 spiro atoms. The molecule has 0 aliphatic carbocycles. The molecule has 3 heteroatoms. The monoisotopic (exact) mass is 264 g/mol. The van der Waals surface area contributed by atoms with E-state index >= 15 is 0 Å². The first kappa shape index (κ1) is 10.3. The fraction of sp³-hybridized carbons (Fsp3) is 0.167. The van der Waals surface area contributed by atoms with Gasteiger partial charge < -0.3 is 9.15 Å². The van der Waals surface area contributed by atoms with Crippen LogP contribution >= 0.6 is 15.9 Å². The van der Waals surface area contributed by atoms with Gasteiger partial charge in [0, 0.05) is 17.0 Å². The summed E-state index contributed by atoms with van der Waals surface area (Å²) in [5, 5.41) is 1.02. The molecular formula is C12H9BrO2. The Morgan fingerprint density at radius 2 is 2.33 bits per heavy atom. The normalized spacial score (nSPS) is 10.0. The molecule has 0 saturated carbocycles. The average Bonchev–Trinajstić information content (AvgIpc) is 2.62. The summed E-state index contributed by atoms with van der Waals surface area (Å²) in [6, 6.07) is 5.86. The van der Waals surface area contributed by atoms with Gasteiger partial charge in [0.05, 0.1) is 5.56 Å². The van der Waals surface area contributed by atoms with Crippen molar-refractivity contribution >= 4 is 26.9 Å². The topological polar surface area (TPSA) is 22.4 Å². The van der Waals surface area contributed by atoms with Crippen LogP contribution in [0.3, 0.4) is 0 Å². The number of ether oxygens (including phenoxy) is 1. The molecule has 76 valence electrons. The zero-order valence-corrected chi connectivity index (χ0v) is 9.80. The predicted molar refractivity (Wildman–Crippen MR) is 62.7 cm³/mol. The molecule has 1 heterocycles. The maximum absolute atomic E-state index is 5.37. The number of methoxy groups -OCH3 is 1. The van der Waals surface area contributed by atoms with Crippen LogP contribution in [0.4, 0.5) is 0 Å². The largest absolute Gasteiger partial charge is 0.463 e. The summed E-state index contributed by atoms with van der Waals surface area (Å²) >= 11 is 3.42. The summed E-state index contributed by atoms with van der Waals surface area (Å²) in [5.74, 6) is 5.91. The van der Waals surface area contributed by atoms with Crippen molar-refractivity contribution in [3.05, 3.63) is 34.5 Å². The summed E-state index contributed by atoms with van der Waals surface area (Å²) in [4.78, 5) is 0. The van der Waals surface area contributed by atoms with Gasteiger partial charge in [0.25, 0.3) is 0 Å². The zero-order valence-electron chi connectivity index (χ0n) is 8.21. The fourth-order valence-corrected chi connectivity index (χ4v) is 1.66. The molecule has 0 bridgehead atoms. The lowest BCUT2D eigenvalue weighted by molar-refractivity contribution is 0.240. The first-order chi connectivity index (χ1) is 7.31. The highest BCUT2D eigenvalue weighted by Gasteiger charge is 2.03. The lowest BCUT2D eigenvalue weighted by Gasteiger charge is -1.90. The standard InChI is InChI=1S/C12H9BrO2/c1-14-6-2-3-9-8-15-12-5-4-10(13)7-11(9)12/h4-5,7-8H,6H2,1H3. The number of furan rings is 1. The first-order valence-electron chi connectivity index (χ1n) is 4.46. The molecule has 0 saturated heterocycles. The minimum atomic E-state index is 0.431. The Balaban J connectivity index is 2.45. The van der Waals surface area contributed by atoms with Gasteiger partial charge in [0.2, 0.25) is 0 Å². The Hall–Kier alpha value is -1.24. The van der Waals surface area contributed by atoms with E-state index in [-0.39, 0.29) is 0 Å². The fourth-order valence-electron chi connectivity index (χ4n) is 1.30. The Bertz CT molecular complexity index is 531. The summed E-state index contributed by atoms with van der Waals surface area (Å²) in [6.07, 6.45) is 1.67. The number of fused-ring (bicyclic) bond motifs is 1. The molecule has 0 N–H and O–H groups in total. The molecule has 0 fully saturated rings. The number of hydrogen-bond donors (Lipinski definition) is 0. The third-order valence-electron chi connectivity index (χ3n) is 1.98. The molecule has 0 unspecified atom stereocenters. The third-order valence-corrected chi connectivity index (χ3v) is 2.47. The van der Waals surface area contributed by atoms with Crippen molar-refractivity contribution in [2.45, 2.75) is 0 Å². The molecular weight excluding hydrogens is 256 g/mol. The molecule has 0 aliphatic heterocycles. The summed E-state index contributed by atoms with van der Waals surface area (Å²) in [5.41, 5.74) is 1.74. The Labute approximate surface area is 96.3 Å². The van der Waals surface area contributed by atoms with Crippen LogP contribution in [0.1, 0.15) is 5.56 Å². The SMILES string of the molecule is COCC#Cc1coc2ccc(Br)cc12. The number of hydrogen-bond acceptors (Lipinski definition) is 2. The number of halogens is 1. The Morgan fingerprint density at radius 3 is 3.13 bits per heavy atom. The van der Waals surface area contributed by atoms with E-state index in [4.69, 9.17) is 9.15 Å². The van der Waals surface area contributed by atoms with Crippen molar-refractivity contribution in [2.75, 3.05) is 13.7 Å². The highest BCUT2D eigenvalue weighted by Crippen LogP contribution is 2.24. The Morgan fingerprint density at radius 1 is 1.47 bits per heavy atom. The highest BCUT2D eigenvalue weighted by molar-refractivity contribution is 9.10. The van der Waals surface area contributed by atoms with Crippen molar-refractivity contribution in [1.82, 2.24) is 0 Å². The van der Waals surface area contributed by atoms with Crippen LogP contribution in [-0.4, -0.2) is 13.7 Å². The van der Waals surface area contributed by atoms with Crippen LogP contribution in [0.15, 0.2) is 33.4 Å². The quantitative estimate of drug-likeness (QED) is 0.739. The van der Waals surface area contributed by atoms with Gasteiger partial charge in [-0.1, -0.05) is 27.8 Å². The molecule has 0 radical (unpaired) electrons. The van der Waals surface area contributed by atoms with Crippen molar-refractivity contribution in [3.8, 4) is 11.8 Å². The van der Waals surface area contributed by atoms with Crippen LogP contribution in [0, 0.1) is 11.8 Å². The van der Waals surface area contributed by atoms with E-state index < -0.39 is 0 Å². The van der Waals surface area contributed by atoms with E-state index in [1.54, 1.807) is 13.4 Å². The van der Waals surface area contributed by atoms with Gasteiger partial charge in [-0.15, -0.1) is 0 Å². The molecule has 15 heavy (non-hydrogen) atoms. The second-order valence-corrected chi connectivity index (χ2v) is 3.94. The van der Waals surface area contributed by atoms with Gasteiger partial charge in [-0.2, -0.15) is 0 Å². The maximum atomic E-state index is 5.37. The Kier molecular flexibility index (Phi) is 3.10. The van der Waals surface area contributed by atoms with Gasteiger partial charge >= 0.3 is 0 Å². The second-order valence-electron chi connectivity index (χ2n) is 3.02. The van der Waals surface area contributed by atoms with Crippen LogP contribution in [0.2, 0.25) is 0 Å². The van der Waals surface area contributed by atoms with Gasteiger partial charge in [-0.25, -0.2) is 0 Å². The highest BCUT2D eigenvalue weighted by atomic mass is 79.9. The van der Waals surface area contributed by atoms with Crippen molar-refractivity contribution in [3.63, 3.8) is 0 Å². The van der Waals surface area contributed by atoms with E-state index in [9.17, 15) is 0 Å². The minimum Gasteiger partial charge on any atom is -0.463 e. The summed E-state index contributed by atoms with van der Waals surface area (Å²) < 4.78 is 11.3. The first-order valence-corrected chi connectivity index (χ1v) is 5.25. The second kappa shape index (κ2) is 4.52. The molecule has 2 aromatic rings.